The number of nitrogens with zero attached hydrogens (tertiary/aromatic N) is 1. The van der Waals surface area contributed by atoms with Crippen LogP contribution in [0.25, 0.3) is 0 Å². The van der Waals surface area contributed by atoms with E-state index in [9.17, 15) is 0 Å². The first-order valence-electron chi connectivity index (χ1n) is 9.48. The van der Waals surface area contributed by atoms with Gasteiger partial charge in [-0.3, -0.25) is 4.90 Å². The van der Waals surface area contributed by atoms with Crippen LogP contribution in [0.2, 0.25) is 0 Å². The maximum absolute atomic E-state index is 5.94. The average Bonchev–Trinajstić information content (AvgIpc) is 3.14. The van der Waals surface area contributed by atoms with Gasteiger partial charge in [-0.1, -0.05) is 48.5 Å². The number of nitrogens with one attached hydrogen (secondary N) is 1. The number of likely N-dealkylation sites (tertiary alicyclic amines) is 1. The largest absolute Gasteiger partial charge is 0.491 e. The minimum atomic E-state index is 0.197. The van der Waals surface area contributed by atoms with Gasteiger partial charge in [-0.05, 0) is 51.4 Å². The molecule has 1 aliphatic rings. The second-order valence-corrected chi connectivity index (χ2v) is 7.07. The van der Waals surface area contributed by atoms with Gasteiger partial charge in [0.05, 0.1) is 6.10 Å². The van der Waals surface area contributed by atoms with Gasteiger partial charge in [-0.2, -0.15) is 0 Å². The molecule has 3 nitrogen and oxygen atoms in total. The number of hydrogen-bond donors (Lipinski definition) is 1. The summed E-state index contributed by atoms with van der Waals surface area (Å²) in [6.07, 6.45) is 2.82. The zero-order valence-corrected chi connectivity index (χ0v) is 15.4. The fourth-order valence-corrected chi connectivity index (χ4v) is 3.55. The van der Waals surface area contributed by atoms with Crippen molar-refractivity contribution in [2.24, 2.45) is 0 Å². The molecule has 1 aliphatic heterocycles. The lowest BCUT2D eigenvalue weighted by Crippen LogP contribution is -2.34. The third kappa shape index (κ3) is 5.07. The molecule has 2 aromatic carbocycles. The Labute approximate surface area is 152 Å². The van der Waals surface area contributed by atoms with Crippen molar-refractivity contribution in [1.29, 1.82) is 0 Å². The molecule has 2 aromatic rings. The van der Waals surface area contributed by atoms with E-state index in [1.165, 1.54) is 37.1 Å². The summed E-state index contributed by atoms with van der Waals surface area (Å²) < 4.78 is 5.94. The highest BCUT2D eigenvalue weighted by Crippen LogP contribution is 2.25. The molecule has 0 spiro atoms. The predicted octanol–water partition coefficient (Wildman–Crippen LogP) is 4.40. The number of ether oxygens (including phenoxy) is 1. The highest BCUT2D eigenvalue weighted by atomic mass is 16.5. The molecule has 0 bridgehead atoms. The maximum atomic E-state index is 5.94. The normalized spacial score (nSPS) is 16.3. The van der Waals surface area contributed by atoms with Crippen molar-refractivity contribution in [2.45, 2.75) is 45.4 Å². The SMILES string of the molecule is CC(C)Oc1ccccc1CNCC(c1ccccc1)N1CCCC1. The Morgan fingerprint density at radius 1 is 0.960 bits per heavy atom. The van der Waals surface area contributed by atoms with E-state index in [4.69, 9.17) is 4.74 Å². The molecule has 1 unspecified atom stereocenters. The molecule has 1 fully saturated rings. The van der Waals surface area contributed by atoms with Gasteiger partial charge in [0.25, 0.3) is 0 Å². The van der Waals surface area contributed by atoms with Gasteiger partial charge < -0.3 is 10.1 Å². The molecule has 0 aliphatic carbocycles. The molecule has 0 radical (unpaired) electrons. The Bertz CT molecular complexity index is 635. The van der Waals surface area contributed by atoms with E-state index in [1.807, 2.05) is 6.07 Å². The standard InChI is InChI=1S/C22H30N2O/c1-18(2)25-22-13-7-6-12-20(22)16-23-17-21(24-14-8-9-15-24)19-10-4-3-5-11-19/h3-7,10-13,18,21,23H,8-9,14-17H2,1-2H3. The number of para-hydroxylation sites is 1. The summed E-state index contributed by atoms with van der Waals surface area (Å²) in [6.45, 7) is 8.34. The Morgan fingerprint density at radius 3 is 2.36 bits per heavy atom. The molecule has 3 heteroatoms. The summed E-state index contributed by atoms with van der Waals surface area (Å²) in [7, 11) is 0. The van der Waals surface area contributed by atoms with E-state index < -0.39 is 0 Å². The summed E-state index contributed by atoms with van der Waals surface area (Å²) in [6, 6.07) is 19.7. The average molecular weight is 338 g/mol. The number of hydrogen-bond acceptors (Lipinski definition) is 3. The van der Waals surface area contributed by atoms with Gasteiger partial charge in [-0.25, -0.2) is 0 Å². The summed E-state index contributed by atoms with van der Waals surface area (Å²) in [5, 5.41) is 3.67. The smallest absolute Gasteiger partial charge is 0.124 e. The molecule has 3 rings (SSSR count). The molecular formula is C22H30N2O. The van der Waals surface area contributed by atoms with Crippen LogP contribution in [0.15, 0.2) is 54.6 Å². The second kappa shape index (κ2) is 9.02. The minimum Gasteiger partial charge on any atom is -0.491 e. The zero-order chi connectivity index (χ0) is 17.5. The lowest BCUT2D eigenvalue weighted by molar-refractivity contribution is 0.232. The molecule has 0 aromatic heterocycles. The first-order chi connectivity index (χ1) is 12.2. The van der Waals surface area contributed by atoms with E-state index >= 15 is 0 Å². The van der Waals surface area contributed by atoms with Crippen LogP contribution in [0.5, 0.6) is 5.75 Å². The van der Waals surface area contributed by atoms with Crippen molar-refractivity contribution >= 4 is 0 Å². The molecule has 1 saturated heterocycles. The fourth-order valence-electron chi connectivity index (χ4n) is 3.55. The molecule has 1 N–H and O–H groups in total. The van der Waals surface area contributed by atoms with Crippen LogP contribution in [0.1, 0.15) is 43.9 Å². The van der Waals surface area contributed by atoms with Gasteiger partial charge in [0.15, 0.2) is 0 Å². The van der Waals surface area contributed by atoms with Crippen molar-refractivity contribution < 1.29 is 4.74 Å². The highest BCUT2D eigenvalue weighted by Gasteiger charge is 2.23. The van der Waals surface area contributed by atoms with E-state index in [0.29, 0.717) is 6.04 Å². The Morgan fingerprint density at radius 2 is 1.64 bits per heavy atom. The molecule has 1 heterocycles. The molecular weight excluding hydrogens is 308 g/mol. The van der Waals surface area contributed by atoms with Gasteiger partial charge in [0.1, 0.15) is 5.75 Å². The molecule has 134 valence electrons. The quantitative estimate of drug-likeness (QED) is 0.772. The molecule has 25 heavy (non-hydrogen) atoms. The lowest BCUT2D eigenvalue weighted by Gasteiger charge is -2.28. The van der Waals surface area contributed by atoms with Crippen LogP contribution in [0, 0.1) is 0 Å². The van der Waals surface area contributed by atoms with Gasteiger partial charge in [0.2, 0.25) is 0 Å². The maximum Gasteiger partial charge on any atom is 0.124 e. The minimum absolute atomic E-state index is 0.197. The van der Waals surface area contributed by atoms with Crippen molar-refractivity contribution in [3.8, 4) is 5.75 Å². The first kappa shape index (κ1) is 18.0. The molecule has 0 saturated carbocycles. The second-order valence-electron chi connectivity index (χ2n) is 7.07. The summed E-state index contributed by atoms with van der Waals surface area (Å²) in [5.74, 6) is 0.988. The first-order valence-corrected chi connectivity index (χ1v) is 9.48. The van der Waals surface area contributed by atoms with Gasteiger partial charge in [0, 0.05) is 24.7 Å². The predicted molar refractivity (Wildman–Crippen MR) is 104 cm³/mol. The Balaban J connectivity index is 1.64. The lowest BCUT2D eigenvalue weighted by atomic mass is 10.1. The highest BCUT2D eigenvalue weighted by molar-refractivity contribution is 5.33. The summed E-state index contributed by atoms with van der Waals surface area (Å²) >= 11 is 0. The van der Waals surface area contributed by atoms with E-state index in [1.54, 1.807) is 0 Å². The van der Waals surface area contributed by atoms with Crippen molar-refractivity contribution in [3.05, 3.63) is 65.7 Å². The third-order valence-corrected chi connectivity index (χ3v) is 4.75. The third-order valence-electron chi connectivity index (χ3n) is 4.75. The van der Waals surface area contributed by atoms with Crippen LogP contribution in [-0.2, 0) is 6.54 Å². The molecule has 1 atom stereocenters. The fraction of sp³-hybridized carbons (Fsp3) is 0.455. The van der Waals surface area contributed by atoms with Crippen molar-refractivity contribution in [3.63, 3.8) is 0 Å². The number of benzene rings is 2. The summed E-state index contributed by atoms with van der Waals surface area (Å²) in [4.78, 5) is 2.61. The van der Waals surface area contributed by atoms with Gasteiger partial charge in [-0.15, -0.1) is 0 Å². The Kier molecular flexibility index (Phi) is 6.48. The van der Waals surface area contributed by atoms with Crippen LogP contribution in [0.4, 0.5) is 0 Å². The number of rotatable bonds is 8. The van der Waals surface area contributed by atoms with E-state index in [-0.39, 0.29) is 6.10 Å². The zero-order valence-electron chi connectivity index (χ0n) is 15.4. The van der Waals surface area contributed by atoms with Gasteiger partial charge >= 0.3 is 0 Å². The topological polar surface area (TPSA) is 24.5 Å². The van der Waals surface area contributed by atoms with Crippen LogP contribution in [-0.4, -0.2) is 30.6 Å². The van der Waals surface area contributed by atoms with Crippen molar-refractivity contribution in [1.82, 2.24) is 10.2 Å². The van der Waals surface area contributed by atoms with Crippen LogP contribution in [0.3, 0.4) is 0 Å². The van der Waals surface area contributed by atoms with Crippen molar-refractivity contribution in [2.75, 3.05) is 19.6 Å². The Hall–Kier alpha value is -1.84. The van der Waals surface area contributed by atoms with Crippen LogP contribution < -0.4 is 10.1 Å². The van der Waals surface area contributed by atoms with Crippen LogP contribution >= 0.6 is 0 Å². The van der Waals surface area contributed by atoms with E-state index in [2.05, 4.69) is 72.6 Å². The monoisotopic (exact) mass is 338 g/mol. The summed E-state index contributed by atoms with van der Waals surface area (Å²) in [5.41, 5.74) is 2.63. The molecule has 0 amide bonds. The van der Waals surface area contributed by atoms with E-state index in [0.717, 1.165) is 18.8 Å².